The van der Waals surface area contributed by atoms with Crippen LogP contribution in [0.4, 0.5) is 5.69 Å². The molecule has 0 spiro atoms. The highest BCUT2D eigenvalue weighted by molar-refractivity contribution is 5.79. The minimum Gasteiger partial charge on any atom is -0.494 e. The quantitative estimate of drug-likeness (QED) is 0.0951. The van der Waals surface area contributed by atoms with Crippen LogP contribution in [0.5, 0.6) is 5.75 Å². The Bertz CT molecular complexity index is 1460. The first-order chi connectivity index (χ1) is 19.3. The van der Waals surface area contributed by atoms with Gasteiger partial charge >= 0.3 is 5.63 Å². The molecule has 0 saturated carbocycles. The van der Waals surface area contributed by atoms with Crippen LogP contribution < -0.4 is 20.7 Å². The maximum atomic E-state index is 12.5. The lowest BCUT2D eigenvalue weighted by Crippen LogP contribution is -2.30. The number of rotatable bonds is 13. The van der Waals surface area contributed by atoms with Crippen molar-refractivity contribution in [3.8, 4) is 5.75 Å². The van der Waals surface area contributed by atoms with Gasteiger partial charge in [0.2, 0.25) is 5.91 Å². The van der Waals surface area contributed by atoms with Crippen LogP contribution in [0.15, 0.2) is 82.0 Å². The first kappa shape index (κ1) is 28.9. The molecule has 2 N–H and O–H groups in total. The second-order valence-electron chi connectivity index (χ2n) is 10.5. The van der Waals surface area contributed by atoms with Crippen LogP contribution in [0.25, 0.3) is 11.0 Å². The van der Waals surface area contributed by atoms with E-state index in [0.29, 0.717) is 24.2 Å². The van der Waals surface area contributed by atoms with Crippen molar-refractivity contribution < 1.29 is 19.2 Å². The molecule has 1 unspecified atom stereocenters. The summed E-state index contributed by atoms with van der Waals surface area (Å²) in [7, 11) is 4.07. The Hall–Kier alpha value is -4.10. The standard InChI is InChI=1S/C33H38N2O5/c1-23-9-18-31-27(20-23)22-28(33(37)40-31)21-26(32(36)34-38)8-4-6-24-12-16-30(17-13-24)39-19-5-7-25-10-14-29(15-11-25)35(2)3/h9-18,20,22,26,38H,4-8,19,21H2,1-3H3,(H,34,36). The molecule has 1 atom stereocenters. The molecule has 1 aromatic heterocycles. The largest absolute Gasteiger partial charge is 0.494 e. The molecular formula is C33H38N2O5. The van der Waals surface area contributed by atoms with Gasteiger partial charge in [0.25, 0.3) is 0 Å². The van der Waals surface area contributed by atoms with Crippen LogP contribution in [-0.4, -0.2) is 31.8 Å². The van der Waals surface area contributed by atoms with Crippen LogP contribution >= 0.6 is 0 Å². The Morgan fingerprint density at radius 3 is 2.30 bits per heavy atom. The van der Waals surface area contributed by atoms with Crippen molar-refractivity contribution in [2.24, 2.45) is 5.92 Å². The van der Waals surface area contributed by atoms with E-state index in [1.165, 1.54) is 11.3 Å². The molecule has 0 aliphatic rings. The molecule has 0 radical (unpaired) electrons. The number of hydrogen-bond donors (Lipinski definition) is 2. The summed E-state index contributed by atoms with van der Waals surface area (Å²) in [6.45, 7) is 2.62. The molecule has 7 nitrogen and oxygen atoms in total. The van der Waals surface area contributed by atoms with Gasteiger partial charge in [-0.25, -0.2) is 10.3 Å². The zero-order valence-corrected chi connectivity index (χ0v) is 23.5. The van der Waals surface area contributed by atoms with E-state index in [4.69, 9.17) is 9.15 Å². The number of benzene rings is 3. The second kappa shape index (κ2) is 13.8. The van der Waals surface area contributed by atoms with Crippen molar-refractivity contribution >= 4 is 22.6 Å². The van der Waals surface area contributed by atoms with Gasteiger partial charge in [-0.1, -0.05) is 35.9 Å². The number of ether oxygens (including phenoxy) is 1. The molecule has 1 heterocycles. The molecule has 40 heavy (non-hydrogen) atoms. The fourth-order valence-corrected chi connectivity index (χ4v) is 4.84. The predicted octanol–water partition coefficient (Wildman–Crippen LogP) is 5.87. The molecule has 0 fully saturated rings. The third-order valence-electron chi connectivity index (χ3n) is 7.18. The van der Waals surface area contributed by atoms with E-state index >= 15 is 0 Å². The number of carbonyl (C=O) groups is 1. The second-order valence-corrected chi connectivity index (χ2v) is 10.5. The van der Waals surface area contributed by atoms with E-state index in [0.717, 1.165) is 47.9 Å². The van der Waals surface area contributed by atoms with Crippen LogP contribution in [-0.2, 0) is 24.1 Å². The van der Waals surface area contributed by atoms with E-state index in [1.807, 2.05) is 57.4 Å². The van der Waals surface area contributed by atoms with E-state index in [1.54, 1.807) is 17.6 Å². The SMILES string of the molecule is Cc1ccc2oc(=O)c(CC(CCCc3ccc(OCCCc4ccc(N(C)C)cc4)cc3)C(=O)NO)cc2c1. The molecule has 3 aromatic carbocycles. The summed E-state index contributed by atoms with van der Waals surface area (Å²) in [6, 6.07) is 24.0. The molecule has 0 aliphatic heterocycles. The number of anilines is 1. The van der Waals surface area contributed by atoms with E-state index < -0.39 is 17.5 Å². The minimum absolute atomic E-state index is 0.200. The number of amides is 1. The number of nitrogens with zero attached hydrogens (tertiary/aromatic N) is 1. The van der Waals surface area contributed by atoms with Gasteiger partial charge in [0.05, 0.1) is 6.61 Å². The number of carbonyl (C=O) groups excluding carboxylic acids is 1. The maximum Gasteiger partial charge on any atom is 0.339 e. The zero-order chi connectivity index (χ0) is 28.5. The maximum absolute atomic E-state index is 12.5. The third-order valence-corrected chi connectivity index (χ3v) is 7.18. The molecule has 1 amide bonds. The zero-order valence-electron chi connectivity index (χ0n) is 23.5. The van der Waals surface area contributed by atoms with E-state index in [-0.39, 0.29) is 6.42 Å². The molecular weight excluding hydrogens is 504 g/mol. The van der Waals surface area contributed by atoms with E-state index in [9.17, 15) is 14.8 Å². The molecule has 0 saturated heterocycles. The molecule has 0 bridgehead atoms. The number of aryl methyl sites for hydroxylation is 3. The summed E-state index contributed by atoms with van der Waals surface area (Å²) in [5, 5.41) is 10.1. The lowest BCUT2D eigenvalue weighted by molar-refractivity contribution is -0.133. The van der Waals surface area contributed by atoms with Crippen molar-refractivity contribution in [3.05, 3.63) is 105 Å². The fourth-order valence-electron chi connectivity index (χ4n) is 4.84. The summed E-state index contributed by atoms with van der Waals surface area (Å²) in [6.07, 6.45) is 4.12. The molecule has 4 aromatic rings. The summed E-state index contributed by atoms with van der Waals surface area (Å²) in [5.41, 5.74) is 6.94. The summed E-state index contributed by atoms with van der Waals surface area (Å²) < 4.78 is 11.4. The summed E-state index contributed by atoms with van der Waals surface area (Å²) >= 11 is 0. The van der Waals surface area contributed by atoms with Crippen molar-refractivity contribution in [2.45, 2.75) is 45.4 Å². The number of fused-ring (bicyclic) bond motifs is 1. The van der Waals surface area contributed by atoms with Crippen molar-refractivity contribution in [1.82, 2.24) is 5.48 Å². The lowest BCUT2D eigenvalue weighted by atomic mass is 9.92. The first-order valence-corrected chi connectivity index (χ1v) is 13.8. The average molecular weight is 543 g/mol. The number of hydrogen-bond acceptors (Lipinski definition) is 6. The Balaban J connectivity index is 1.25. The van der Waals surface area contributed by atoms with Crippen molar-refractivity contribution in [2.75, 3.05) is 25.6 Å². The molecule has 0 aliphatic carbocycles. The van der Waals surface area contributed by atoms with Gasteiger partial charge < -0.3 is 14.1 Å². The van der Waals surface area contributed by atoms with Gasteiger partial charge in [0.1, 0.15) is 11.3 Å². The smallest absolute Gasteiger partial charge is 0.339 e. The summed E-state index contributed by atoms with van der Waals surface area (Å²) in [4.78, 5) is 27.0. The normalized spacial score (nSPS) is 11.8. The monoisotopic (exact) mass is 542 g/mol. The van der Waals surface area contributed by atoms with Gasteiger partial charge in [0.15, 0.2) is 0 Å². The van der Waals surface area contributed by atoms with Gasteiger partial charge in [-0.05, 0) is 99.0 Å². The number of nitrogens with one attached hydrogen (secondary N) is 1. The van der Waals surface area contributed by atoms with E-state index in [2.05, 4.69) is 29.2 Å². The van der Waals surface area contributed by atoms with Crippen LogP contribution in [0.3, 0.4) is 0 Å². The Labute approximate surface area is 235 Å². The van der Waals surface area contributed by atoms with Crippen molar-refractivity contribution in [3.63, 3.8) is 0 Å². The first-order valence-electron chi connectivity index (χ1n) is 13.8. The Kier molecular flexibility index (Phi) is 9.97. The van der Waals surface area contributed by atoms with Crippen LogP contribution in [0, 0.1) is 12.8 Å². The van der Waals surface area contributed by atoms with Crippen molar-refractivity contribution in [1.29, 1.82) is 0 Å². The highest BCUT2D eigenvalue weighted by Crippen LogP contribution is 2.21. The average Bonchev–Trinajstić information content (AvgIpc) is 2.95. The van der Waals surface area contributed by atoms with Crippen LogP contribution in [0.2, 0.25) is 0 Å². The lowest BCUT2D eigenvalue weighted by Gasteiger charge is -2.15. The molecule has 7 heteroatoms. The summed E-state index contributed by atoms with van der Waals surface area (Å²) in [5.74, 6) is -0.208. The van der Waals surface area contributed by atoms with Gasteiger partial charge in [-0.15, -0.1) is 0 Å². The van der Waals surface area contributed by atoms with Crippen LogP contribution in [0.1, 0.15) is 41.5 Å². The van der Waals surface area contributed by atoms with Gasteiger partial charge in [0, 0.05) is 36.7 Å². The Morgan fingerprint density at radius 2 is 1.62 bits per heavy atom. The predicted molar refractivity (Wildman–Crippen MR) is 158 cm³/mol. The van der Waals surface area contributed by atoms with Gasteiger partial charge in [-0.2, -0.15) is 0 Å². The highest BCUT2D eigenvalue weighted by Gasteiger charge is 2.21. The molecule has 4 rings (SSSR count). The third kappa shape index (κ3) is 7.96. The molecule has 210 valence electrons. The number of hydroxylamine groups is 1. The topological polar surface area (TPSA) is 92.0 Å². The van der Waals surface area contributed by atoms with Gasteiger partial charge in [-0.3, -0.25) is 10.0 Å². The minimum atomic E-state index is -0.545. The Morgan fingerprint density at radius 1 is 0.950 bits per heavy atom. The highest BCUT2D eigenvalue weighted by atomic mass is 16.5. The fraction of sp³-hybridized carbons (Fsp3) is 0.333.